The Bertz CT molecular complexity index is 611. The van der Waals surface area contributed by atoms with Crippen molar-refractivity contribution in [3.05, 3.63) is 23.8 Å². The Morgan fingerprint density at radius 3 is 2.68 bits per heavy atom. The number of carbonyl (C=O) groups is 1. The largest absolute Gasteiger partial charge is 0.398 e. The van der Waals surface area contributed by atoms with E-state index in [1.807, 2.05) is 25.1 Å². The number of amides is 1. The summed E-state index contributed by atoms with van der Waals surface area (Å²) in [6.45, 7) is 0. The van der Waals surface area contributed by atoms with E-state index in [1.165, 1.54) is 23.1 Å². The van der Waals surface area contributed by atoms with Crippen LogP contribution in [-0.4, -0.2) is 30.2 Å². The summed E-state index contributed by atoms with van der Waals surface area (Å²) in [5, 5.41) is 8.94. The van der Waals surface area contributed by atoms with Gasteiger partial charge in [0.1, 0.15) is 0 Å². The molecule has 2 rings (SSSR count). The third-order valence-corrected chi connectivity index (χ3v) is 4.41. The van der Waals surface area contributed by atoms with Crippen molar-refractivity contribution in [1.29, 1.82) is 0 Å². The molecule has 0 radical (unpaired) electrons. The second-order valence-electron chi connectivity index (χ2n) is 3.96. The molecular weight excluding hydrogens is 282 g/mol. The molecule has 19 heavy (non-hydrogen) atoms. The van der Waals surface area contributed by atoms with Gasteiger partial charge in [-0.05, 0) is 18.2 Å². The van der Waals surface area contributed by atoms with E-state index in [1.54, 1.807) is 12.1 Å². The zero-order valence-corrected chi connectivity index (χ0v) is 12.1. The maximum atomic E-state index is 11.2. The summed E-state index contributed by atoms with van der Waals surface area (Å²) in [6, 6.07) is 5.15. The van der Waals surface area contributed by atoms with Gasteiger partial charge in [-0.1, -0.05) is 23.1 Å². The maximum absolute atomic E-state index is 11.2. The van der Waals surface area contributed by atoms with Crippen LogP contribution in [0.5, 0.6) is 0 Å². The molecule has 1 aromatic carbocycles. The number of primary amides is 1. The Morgan fingerprint density at radius 2 is 2.11 bits per heavy atom. The topological polar surface area (TPSA) is 98.1 Å². The van der Waals surface area contributed by atoms with Gasteiger partial charge in [-0.3, -0.25) is 4.79 Å². The van der Waals surface area contributed by atoms with Crippen LogP contribution in [-0.2, 0) is 0 Å². The molecule has 0 atom stereocenters. The highest BCUT2D eigenvalue weighted by Gasteiger charge is 2.11. The molecule has 4 N–H and O–H groups in total. The van der Waals surface area contributed by atoms with Gasteiger partial charge < -0.3 is 16.4 Å². The van der Waals surface area contributed by atoms with E-state index in [9.17, 15) is 4.79 Å². The lowest BCUT2D eigenvalue weighted by Crippen LogP contribution is -2.13. The van der Waals surface area contributed by atoms with E-state index >= 15 is 0 Å². The summed E-state index contributed by atoms with van der Waals surface area (Å²) >= 11 is 2.89. The molecule has 0 spiro atoms. The number of anilines is 2. The maximum Gasteiger partial charge on any atom is 0.250 e. The van der Waals surface area contributed by atoms with Crippen molar-refractivity contribution in [2.24, 2.45) is 5.73 Å². The fourth-order valence-corrected chi connectivity index (χ4v) is 3.11. The molecular formula is C11H13N5OS2. The van der Waals surface area contributed by atoms with Crippen LogP contribution in [0, 0.1) is 0 Å². The first-order valence-electron chi connectivity index (χ1n) is 5.35. The van der Waals surface area contributed by atoms with Gasteiger partial charge in [0.25, 0.3) is 5.91 Å². The number of hydrogen-bond acceptors (Lipinski definition) is 7. The van der Waals surface area contributed by atoms with E-state index in [0.717, 1.165) is 14.4 Å². The molecule has 1 aromatic heterocycles. The van der Waals surface area contributed by atoms with Crippen LogP contribution in [0.4, 0.5) is 10.8 Å². The van der Waals surface area contributed by atoms with Gasteiger partial charge in [-0.25, -0.2) is 0 Å². The Hall–Kier alpha value is -1.80. The molecule has 0 bridgehead atoms. The molecule has 2 aromatic rings. The average molecular weight is 295 g/mol. The van der Waals surface area contributed by atoms with E-state index < -0.39 is 5.91 Å². The molecule has 6 nitrogen and oxygen atoms in total. The van der Waals surface area contributed by atoms with Crippen LogP contribution >= 0.6 is 23.1 Å². The van der Waals surface area contributed by atoms with Crippen molar-refractivity contribution in [2.45, 2.75) is 9.24 Å². The number of nitrogen functional groups attached to an aromatic ring is 1. The van der Waals surface area contributed by atoms with E-state index in [-0.39, 0.29) is 0 Å². The van der Waals surface area contributed by atoms with Gasteiger partial charge in [-0.15, -0.1) is 10.2 Å². The zero-order valence-electron chi connectivity index (χ0n) is 10.5. The molecule has 0 saturated heterocycles. The van der Waals surface area contributed by atoms with Crippen molar-refractivity contribution in [2.75, 3.05) is 24.7 Å². The Morgan fingerprint density at radius 1 is 1.37 bits per heavy atom. The standard InChI is InChI=1S/C11H13N5OS2/c1-16(2)10-14-15-11(19-10)18-6-3-4-8(12)7(5-6)9(13)17/h3-5H,12H2,1-2H3,(H2,13,17). The van der Waals surface area contributed by atoms with Gasteiger partial charge in [-0.2, -0.15) is 0 Å². The summed E-state index contributed by atoms with van der Waals surface area (Å²) in [5.41, 5.74) is 11.6. The highest BCUT2D eigenvalue weighted by atomic mass is 32.2. The smallest absolute Gasteiger partial charge is 0.250 e. The van der Waals surface area contributed by atoms with Crippen LogP contribution in [0.15, 0.2) is 27.4 Å². The number of carbonyl (C=O) groups excluding carboxylic acids is 1. The fourth-order valence-electron chi connectivity index (χ4n) is 1.34. The lowest BCUT2D eigenvalue weighted by Gasteiger charge is -2.04. The molecule has 1 heterocycles. The molecule has 1 amide bonds. The van der Waals surface area contributed by atoms with Gasteiger partial charge in [0.05, 0.1) is 5.56 Å². The quantitative estimate of drug-likeness (QED) is 0.828. The molecule has 0 unspecified atom stereocenters. The normalized spacial score (nSPS) is 10.4. The average Bonchev–Trinajstić information content (AvgIpc) is 2.80. The first kappa shape index (κ1) is 13.6. The van der Waals surface area contributed by atoms with Crippen molar-refractivity contribution < 1.29 is 4.79 Å². The minimum Gasteiger partial charge on any atom is -0.398 e. The molecule has 0 aliphatic carbocycles. The van der Waals surface area contributed by atoms with Crippen LogP contribution < -0.4 is 16.4 Å². The Labute approximate surface area is 118 Å². The summed E-state index contributed by atoms with van der Waals surface area (Å²) < 4.78 is 0.795. The molecule has 0 aliphatic heterocycles. The first-order valence-corrected chi connectivity index (χ1v) is 6.98. The highest BCUT2D eigenvalue weighted by molar-refractivity contribution is 8.01. The predicted molar refractivity (Wildman–Crippen MR) is 77.7 cm³/mol. The predicted octanol–water partition coefficient (Wildman–Crippen LogP) is 1.44. The number of aromatic nitrogens is 2. The highest BCUT2D eigenvalue weighted by Crippen LogP contribution is 2.33. The Balaban J connectivity index is 2.23. The van der Waals surface area contributed by atoms with Gasteiger partial charge in [0.2, 0.25) is 5.13 Å². The molecule has 0 saturated carbocycles. The lowest BCUT2D eigenvalue weighted by atomic mass is 10.2. The van der Waals surface area contributed by atoms with Crippen LogP contribution in [0.1, 0.15) is 10.4 Å². The monoisotopic (exact) mass is 295 g/mol. The second-order valence-corrected chi connectivity index (χ2v) is 6.24. The van der Waals surface area contributed by atoms with Gasteiger partial charge in [0.15, 0.2) is 4.34 Å². The summed E-state index contributed by atoms with van der Waals surface area (Å²) in [6.07, 6.45) is 0. The fraction of sp³-hybridized carbons (Fsp3) is 0.182. The third-order valence-electron chi connectivity index (χ3n) is 2.27. The molecule has 100 valence electrons. The van der Waals surface area contributed by atoms with E-state index in [4.69, 9.17) is 11.5 Å². The van der Waals surface area contributed by atoms with Crippen molar-refractivity contribution in [3.63, 3.8) is 0 Å². The van der Waals surface area contributed by atoms with Gasteiger partial charge in [0, 0.05) is 24.7 Å². The number of nitrogens with two attached hydrogens (primary N) is 2. The molecule has 0 fully saturated rings. The minimum atomic E-state index is -0.536. The Kier molecular flexibility index (Phi) is 3.91. The zero-order chi connectivity index (χ0) is 14.0. The van der Waals surface area contributed by atoms with Crippen molar-refractivity contribution in [3.8, 4) is 0 Å². The number of rotatable bonds is 4. The minimum absolute atomic E-state index is 0.322. The molecule has 8 heteroatoms. The number of nitrogens with zero attached hydrogens (tertiary/aromatic N) is 3. The first-order chi connectivity index (χ1) is 8.97. The number of hydrogen-bond donors (Lipinski definition) is 2. The van der Waals surface area contributed by atoms with E-state index in [2.05, 4.69) is 10.2 Å². The van der Waals surface area contributed by atoms with Crippen molar-refractivity contribution >= 4 is 39.8 Å². The lowest BCUT2D eigenvalue weighted by molar-refractivity contribution is 0.100. The summed E-state index contributed by atoms with van der Waals surface area (Å²) in [5.74, 6) is -0.536. The molecule has 0 aliphatic rings. The van der Waals surface area contributed by atoms with E-state index in [0.29, 0.717) is 11.3 Å². The number of benzene rings is 1. The van der Waals surface area contributed by atoms with Crippen molar-refractivity contribution in [1.82, 2.24) is 10.2 Å². The van der Waals surface area contributed by atoms with Gasteiger partial charge >= 0.3 is 0 Å². The van der Waals surface area contributed by atoms with Crippen LogP contribution in [0.2, 0.25) is 0 Å². The summed E-state index contributed by atoms with van der Waals surface area (Å²) in [7, 11) is 3.81. The van der Waals surface area contributed by atoms with Crippen LogP contribution in [0.25, 0.3) is 0 Å². The second kappa shape index (κ2) is 5.45. The summed E-state index contributed by atoms with van der Waals surface area (Å²) in [4.78, 5) is 14.0. The SMILES string of the molecule is CN(C)c1nnc(Sc2ccc(N)c(C(N)=O)c2)s1. The third kappa shape index (κ3) is 3.15. The van der Waals surface area contributed by atoms with Crippen LogP contribution in [0.3, 0.4) is 0 Å².